The number of nitrogens with zero attached hydrogens (tertiary/aromatic N) is 3. The van der Waals surface area contributed by atoms with Crippen molar-refractivity contribution in [2.45, 2.75) is 37.8 Å². The van der Waals surface area contributed by atoms with Crippen molar-refractivity contribution < 1.29 is 9.32 Å². The van der Waals surface area contributed by atoms with Gasteiger partial charge >= 0.3 is 0 Å². The lowest BCUT2D eigenvalue weighted by molar-refractivity contribution is -0.121. The molecule has 2 aromatic rings. The van der Waals surface area contributed by atoms with Crippen LogP contribution in [0.1, 0.15) is 48.5 Å². The molecule has 6 heteroatoms. The lowest BCUT2D eigenvalue weighted by Crippen LogP contribution is -2.30. The largest absolute Gasteiger partial charge is 0.355 e. The molecule has 2 heterocycles. The number of hydrogen-bond acceptors (Lipinski definition) is 5. The maximum Gasteiger partial charge on any atom is 0.240 e. The summed E-state index contributed by atoms with van der Waals surface area (Å²) in [5, 5.41) is 7.03. The third-order valence-electron chi connectivity index (χ3n) is 4.49. The van der Waals surface area contributed by atoms with Crippen LogP contribution in [0.4, 0.5) is 0 Å². The van der Waals surface area contributed by atoms with E-state index in [9.17, 15) is 4.79 Å². The van der Waals surface area contributed by atoms with Gasteiger partial charge in [0.2, 0.25) is 11.8 Å². The second kappa shape index (κ2) is 6.12. The van der Waals surface area contributed by atoms with Gasteiger partial charge in [-0.1, -0.05) is 35.5 Å². The molecule has 2 aliphatic rings. The zero-order valence-electron chi connectivity index (χ0n) is 12.9. The highest BCUT2D eigenvalue weighted by Crippen LogP contribution is 2.38. The normalized spacial score (nSPS) is 22.6. The molecular formula is C17H20N4O2. The van der Waals surface area contributed by atoms with Gasteiger partial charge in [-0.05, 0) is 18.4 Å². The predicted molar refractivity (Wildman–Crippen MR) is 83.5 cm³/mol. The number of carbonyl (C=O) groups is 1. The minimum absolute atomic E-state index is 0.0370. The molecule has 0 spiro atoms. The van der Waals surface area contributed by atoms with Crippen molar-refractivity contribution in [3.05, 3.63) is 47.6 Å². The highest BCUT2D eigenvalue weighted by Gasteiger charge is 2.31. The first kappa shape index (κ1) is 14.4. The van der Waals surface area contributed by atoms with E-state index < -0.39 is 0 Å². The van der Waals surface area contributed by atoms with Gasteiger partial charge in [-0.3, -0.25) is 9.69 Å². The fraction of sp³-hybridized carbons (Fsp3) is 0.471. The van der Waals surface area contributed by atoms with E-state index in [4.69, 9.17) is 4.52 Å². The highest BCUT2D eigenvalue weighted by atomic mass is 16.5. The van der Waals surface area contributed by atoms with Crippen LogP contribution in [-0.4, -0.2) is 34.0 Å². The Labute approximate surface area is 134 Å². The Bertz CT molecular complexity index is 681. The van der Waals surface area contributed by atoms with Gasteiger partial charge in [-0.2, -0.15) is 4.98 Å². The first-order valence-corrected chi connectivity index (χ1v) is 8.18. The van der Waals surface area contributed by atoms with Crippen molar-refractivity contribution in [3.8, 4) is 0 Å². The Hall–Kier alpha value is -2.21. The highest BCUT2D eigenvalue weighted by molar-refractivity contribution is 5.77. The Balaban J connectivity index is 1.56. The molecule has 1 unspecified atom stereocenters. The summed E-state index contributed by atoms with van der Waals surface area (Å²) in [6, 6.07) is 10.2. The molecule has 1 saturated carbocycles. The van der Waals surface area contributed by atoms with E-state index >= 15 is 0 Å². The second-order valence-corrected chi connectivity index (χ2v) is 6.27. The van der Waals surface area contributed by atoms with Gasteiger partial charge in [0.05, 0.1) is 6.54 Å². The van der Waals surface area contributed by atoms with Gasteiger partial charge in [0.15, 0.2) is 5.82 Å². The van der Waals surface area contributed by atoms with Gasteiger partial charge in [0.25, 0.3) is 0 Å². The fourth-order valence-electron chi connectivity index (χ4n) is 3.08. The van der Waals surface area contributed by atoms with Crippen LogP contribution in [0.3, 0.4) is 0 Å². The predicted octanol–water partition coefficient (Wildman–Crippen LogP) is 2.01. The SMILES string of the molecule is O=C1CC(c2ccccc2)N(Cc2nc(C3CC3)no2)CCN1. The van der Waals surface area contributed by atoms with Crippen LogP contribution in [-0.2, 0) is 11.3 Å². The van der Waals surface area contributed by atoms with Crippen LogP contribution in [0.15, 0.2) is 34.9 Å². The molecule has 0 bridgehead atoms. The minimum Gasteiger partial charge on any atom is -0.355 e. The molecule has 1 amide bonds. The molecule has 1 aliphatic heterocycles. The summed E-state index contributed by atoms with van der Waals surface area (Å²) >= 11 is 0. The van der Waals surface area contributed by atoms with Gasteiger partial charge in [0.1, 0.15) is 0 Å². The number of hydrogen-bond donors (Lipinski definition) is 1. The third-order valence-corrected chi connectivity index (χ3v) is 4.49. The summed E-state index contributed by atoms with van der Waals surface area (Å²) < 4.78 is 5.41. The van der Waals surface area contributed by atoms with Crippen LogP contribution in [0.25, 0.3) is 0 Å². The third kappa shape index (κ3) is 3.27. The molecule has 6 nitrogen and oxygen atoms in total. The zero-order chi connectivity index (χ0) is 15.6. The average Bonchev–Trinajstić information content (AvgIpc) is 3.34. The summed E-state index contributed by atoms with van der Waals surface area (Å²) in [7, 11) is 0. The van der Waals surface area contributed by atoms with E-state index in [1.807, 2.05) is 18.2 Å². The topological polar surface area (TPSA) is 71.3 Å². The Morgan fingerprint density at radius 3 is 2.87 bits per heavy atom. The van der Waals surface area contributed by atoms with Gasteiger partial charge in [0, 0.05) is 31.5 Å². The smallest absolute Gasteiger partial charge is 0.240 e. The summed E-state index contributed by atoms with van der Waals surface area (Å²) in [5.41, 5.74) is 1.14. The number of carbonyl (C=O) groups excluding carboxylic acids is 1. The van der Waals surface area contributed by atoms with E-state index in [-0.39, 0.29) is 11.9 Å². The Kier molecular flexibility index (Phi) is 3.83. The number of amides is 1. The number of benzene rings is 1. The molecule has 1 aromatic carbocycles. The molecule has 23 heavy (non-hydrogen) atoms. The van der Waals surface area contributed by atoms with E-state index in [0.717, 1.165) is 30.8 Å². The maximum absolute atomic E-state index is 12.0. The molecule has 1 aromatic heterocycles. The van der Waals surface area contributed by atoms with Crippen LogP contribution in [0.2, 0.25) is 0 Å². The van der Waals surface area contributed by atoms with Crippen molar-refractivity contribution in [3.63, 3.8) is 0 Å². The lowest BCUT2D eigenvalue weighted by atomic mass is 10.0. The summed E-state index contributed by atoms with van der Waals surface area (Å²) in [6.45, 7) is 1.99. The first-order chi connectivity index (χ1) is 11.3. The number of aromatic nitrogens is 2. The van der Waals surface area contributed by atoms with Crippen LogP contribution in [0, 0.1) is 0 Å². The van der Waals surface area contributed by atoms with E-state index in [2.05, 4.69) is 32.5 Å². The maximum atomic E-state index is 12.0. The van der Waals surface area contributed by atoms with E-state index in [1.165, 1.54) is 0 Å². The van der Waals surface area contributed by atoms with Crippen molar-refractivity contribution in [2.24, 2.45) is 0 Å². The van der Waals surface area contributed by atoms with Gasteiger partial charge in [-0.25, -0.2) is 0 Å². The first-order valence-electron chi connectivity index (χ1n) is 8.18. The molecular weight excluding hydrogens is 292 g/mol. The number of nitrogens with one attached hydrogen (secondary N) is 1. The van der Waals surface area contributed by atoms with Crippen LogP contribution in [0.5, 0.6) is 0 Å². The summed E-state index contributed by atoms with van der Waals surface area (Å²) in [5.74, 6) is 2.05. The zero-order valence-corrected chi connectivity index (χ0v) is 12.9. The molecule has 1 aliphatic carbocycles. The Morgan fingerprint density at radius 2 is 2.09 bits per heavy atom. The lowest BCUT2D eigenvalue weighted by Gasteiger charge is -2.27. The van der Waals surface area contributed by atoms with Crippen molar-refractivity contribution in [1.29, 1.82) is 0 Å². The molecule has 1 atom stereocenters. The average molecular weight is 312 g/mol. The Morgan fingerprint density at radius 1 is 1.26 bits per heavy atom. The number of rotatable bonds is 4. The quantitative estimate of drug-likeness (QED) is 0.935. The monoisotopic (exact) mass is 312 g/mol. The van der Waals surface area contributed by atoms with Gasteiger partial charge in [-0.15, -0.1) is 0 Å². The second-order valence-electron chi connectivity index (χ2n) is 6.27. The van der Waals surface area contributed by atoms with Crippen molar-refractivity contribution >= 4 is 5.91 Å². The minimum atomic E-state index is 0.0370. The fourth-order valence-corrected chi connectivity index (χ4v) is 3.08. The molecule has 0 radical (unpaired) electrons. The van der Waals surface area contributed by atoms with Crippen LogP contribution < -0.4 is 5.32 Å². The van der Waals surface area contributed by atoms with Gasteiger partial charge < -0.3 is 9.84 Å². The van der Waals surface area contributed by atoms with E-state index in [1.54, 1.807) is 0 Å². The van der Waals surface area contributed by atoms with Crippen LogP contribution >= 0.6 is 0 Å². The molecule has 1 N–H and O–H groups in total. The molecule has 120 valence electrons. The molecule has 1 saturated heterocycles. The van der Waals surface area contributed by atoms with Crippen molar-refractivity contribution in [1.82, 2.24) is 20.4 Å². The van der Waals surface area contributed by atoms with E-state index in [0.29, 0.717) is 31.3 Å². The summed E-state index contributed by atoms with van der Waals surface area (Å²) in [6.07, 6.45) is 2.77. The summed E-state index contributed by atoms with van der Waals surface area (Å²) in [4.78, 5) is 18.7. The molecule has 2 fully saturated rings. The van der Waals surface area contributed by atoms with Crippen molar-refractivity contribution in [2.75, 3.05) is 13.1 Å². The standard InChI is InChI=1S/C17H20N4O2/c22-15-10-14(12-4-2-1-3-5-12)21(9-8-18-15)11-16-19-17(20-23-16)13-6-7-13/h1-5,13-14H,6-11H2,(H,18,22). The molecule has 4 rings (SSSR count).